The zero-order chi connectivity index (χ0) is 26.6. The number of likely N-dealkylation sites (tertiary alicyclic amines) is 1. The molecule has 2 amide bonds. The van der Waals surface area contributed by atoms with Gasteiger partial charge < -0.3 is 15.4 Å². The second-order valence-electron chi connectivity index (χ2n) is 9.10. The van der Waals surface area contributed by atoms with Gasteiger partial charge in [0.05, 0.1) is 50.1 Å². The van der Waals surface area contributed by atoms with Crippen LogP contribution in [0.15, 0.2) is 54.7 Å². The van der Waals surface area contributed by atoms with Crippen molar-refractivity contribution in [2.45, 2.75) is 12.8 Å². The molecule has 2 N–H and O–H groups in total. The molecule has 2 aliphatic heterocycles. The number of methoxy groups -OCH3 is 1. The number of amidine groups is 1. The van der Waals surface area contributed by atoms with E-state index in [1.54, 1.807) is 30.3 Å². The molecule has 0 unspecified atom stereocenters. The van der Waals surface area contributed by atoms with Crippen molar-refractivity contribution in [3.63, 3.8) is 0 Å². The number of carbonyl (C=O) groups excluding carboxylic acids is 2. The van der Waals surface area contributed by atoms with Gasteiger partial charge in [-0.25, -0.2) is 4.98 Å². The maximum atomic E-state index is 13.3. The summed E-state index contributed by atoms with van der Waals surface area (Å²) in [6, 6.07) is 13.8. The lowest BCUT2D eigenvalue weighted by Crippen LogP contribution is -2.49. The summed E-state index contributed by atoms with van der Waals surface area (Å²) in [5.74, 6) is 3.38. The molecule has 2 fully saturated rings. The maximum absolute atomic E-state index is 13.3. The van der Waals surface area contributed by atoms with Crippen LogP contribution in [0.3, 0.4) is 0 Å². The van der Waals surface area contributed by atoms with Crippen LogP contribution in [-0.4, -0.2) is 65.4 Å². The number of hydrogen-bond acceptors (Lipinski definition) is 4. The standard InChI is InChI=1S/C29H26ClN5O3/c1-3-19-6-11-25(31-18-19)32-28(37)23-16-22(30)17-24(38-2)26(23)33-27(36)20-7-9-21(10-8-20)29(34-12-4-13-34)35-14-5-15-35/h1,6-11,16-18H,4-5,12-15H2,2H3,(H-,31,32,33,36,37)/p+1. The number of terminal acetylenes is 1. The number of carbonyl (C=O) groups is 2. The Kier molecular flexibility index (Phi) is 7.29. The summed E-state index contributed by atoms with van der Waals surface area (Å²) < 4.78 is 7.83. The fourth-order valence-electron chi connectivity index (χ4n) is 4.37. The first-order valence-corrected chi connectivity index (χ1v) is 12.7. The van der Waals surface area contributed by atoms with E-state index in [9.17, 15) is 9.59 Å². The molecule has 2 aliphatic rings. The van der Waals surface area contributed by atoms with Gasteiger partial charge in [0.15, 0.2) is 0 Å². The molecule has 3 heterocycles. The molecular weight excluding hydrogens is 502 g/mol. The number of ether oxygens (including phenoxy) is 1. The zero-order valence-corrected chi connectivity index (χ0v) is 21.7. The van der Waals surface area contributed by atoms with Crippen molar-refractivity contribution >= 4 is 40.8 Å². The molecule has 9 heteroatoms. The van der Waals surface area contributed by atoms with Gasteiger partial charge in [-0.3, -0.25) is 19.1 Å². The number of halogens is 1. The third-order valence-corrected chi connectivity index (χ3v) is 6.88. The van der Waals surface area contributed by atoms with Gasteiger partial charge in [-0.15, -0.1) is 6.42 Å². The van der Waals surface area contributed by atoms with E-state index < -0.39 is 5.91 Å². The largest absolute Gasteiger partial charge is 0.494 e. The number of pyridine rings is 1. The topological polar surface area (TPSA) is 86.6 Å². The third-order valence-electron chi connectivity index (χ3n) is 6.66. The Hall–Kier alpha value is -4.35. The summed E-state index contributed by atoms with van der Waals surface area (Å²) in [5, 5.41) is 5.83. The molecule has 0 bridgehead atoms. The summed E-state index contributed by atoms with van der Waals surface area (Å²) in [5.41, 5.74) is 2.47. The van der Waals surface area contributed by atoms with E-state index in [0.717, 1.165) is 31.7 Å². The van der Waals surface area contributed by atoms with Crippen molar-refractivity contribution in [3.05, 3.63) is 82.0 Å². The Morgan fingerprint density at radius 2 is 1.76 bits per heavy atom. The normalized spacial score (nSPS) is 14.0. The van der Waals surface area contributed by atoms with Crippen LogP contribution in [0.5, 0.6) is 5.75 Å². The molecule has 5 rings (SSSR count). The van der Waals surface area contributed by atoms with Crippen LogP contribution in [0.4, 0.5) is 11.5 Å². The molecule has 1 aromatic heterocycles. The van der Waals surface area contributed by atoms with E-state index in [2.05, 4.69) is 31.0 Å². The van der Waals surface area contributed by atoms with Crippen molar-refractivity contribution in [1.82, 2.24) is 9.88 Å². The molecule has 3 aromatic rings. The van der Waals surface area contributed by atoms with Crippen molar-refractivity contribution < 1.29 is 18.9 Å². The SMILES string of the molecule is C#Cc1ccc(NC(=O)c2cc(Cl)cc(OC)c2NC(=O)c2ccc(C(N3CCC3)=[N+]3CCC3)cc2)nc1. The first-order valence-electron chi connectivity index (χ1n) is 12.4. The monoisotopic (exact) mass is 528 g/mol. The minimum atomic E-state index is -0.513. The lowest BCUT2D eigenvalue weighted by atomic mass is 10.1. The third kappa shape index (κ3) is 5.20. The minimum Gasteiger partial charge on any atom is -0.494 e. The predicted octanol–water partition coefficient (Wildman–Crippen LogP) is 4.10. The highest BCUT2D eigenvalue weighted by Crippen LogP contribution is 2.33. The molecule has 0 spiro atoms. The first-order chi connectivity index (χ1) is 18.5. The second-order valence-corrected chi connectivity index (χ2v) is 9.53. The van der Waals surface area contributed by atoms with Gasteiger partial charge in [0, 0.05) is 41.3 Å². The molecule has 8 nitrogen and oxygen atoms in total. The minimum absolute atomic E-state index is 0.133. The highest BCUT2D eigenvalue weighted by atomic mass is 35.5. The second kappa shape index (κ2) is 11.0. The Balaban J connectivity index is 1.39. The molecular formula is C29H27ClN5O3+. The predicted molar refractivity (Wildman–Crippen MR) is 147 cm³/mol. The average Bonchev–Trinajstić information content (AvgIpc) is 2.87. The Morgan fingerprint density at radius 3 is 2.32 bits per heavy atom. The molecule has 0 saturated carbocycles. The van der Waals surface area contributed by atoms with Crippen LogP contribution < -0.4 is 15.4 Å². The Labute approximate surface area is 226 Å². The fraction of sp³-hybridized carbons (Fsp3) is 0.241. The summed E-state index contributed by atoms with van der Waals surface area (Å²) in [6.45, 7) is 4.22. The van der Waals surface area contributed by atoms with Crippen molar-refractivity contribution in [2.24, 2.45) is 0 Å². The number of anilines is 2. The van der Waals surface area contributed by atoms with Gasteiger partial charge in [0.1, 0.15) is 11.6 Å². The molecule has 0 atom stereocenters. The van der Waals surface area contributed by atoms with Crippen LogP contribution in [0.25, 0.3) is 0 Å². The quantitative estimate of drug-likeness (QED) is 0.286. The van der Waals surface area contributed by atoms with E-state index in [4.69, 9.17) is 22.8 Å². The summed E-state index contributed by atoms with van der Waals surface area (Å²) in [6.07, 6.45) is 9.25. The first kappa shape index (κ1) is 25.3. The van der Waals surface area contributed by atoms with E-state index >= 15 is 0 Å². The van der Waals surface area contributed by atoms with Crippen LogP contribution in [0, 0.1) is 12.3 Å². The van der Waals surface area contributed by atoms with Crippen molar-refractivity contribution in [2.75, 3.05) is 43.9 Å². The number of nitrogens with zero attached hydrogens (tertiary/aromatic N) is 3. The van der Waals surface area contributed by atoms with Gasteiger partial charge in [0.2, 0.25) is 0 Å². The number of hydrogen-bond donors (Lipinski definition) is 2. The van der Waals surface area contributed by atoms with Crippen LogP contribution in [0.2, 0.25) is 5.02 Å². The maximum Gasteiger partial charge on any atom is 0.279 e. The summed E-state index contributed by atoms with van der Waals surface area (Å²) in [4.78, 5) is 33.0. The number of benzene rings is 2. The van der Waals surface area contributed by atoms with E-state index in [0.29, 0.717) is 16.9 Å². The van der Waals surface area contributed by atoms with E-state index in [1.165, 1.54) is 38.1 Å². The Bertz CT molecular complexity index is 1450. The molecule has 2 saturated heterocycles. The van der Waals surface area contributed by atoms with Crippen LogP contribution >= 0.6 is 11.6 Å². The van der Waals surface area contributed by atoms with Gasteiger partial charge in [-0.2, -0.15) is 0 Å². The van der Waals surface area contributed by atoms with E-state index in [-0.39, 0.29) is 27.9 Å². The molecule has 2 aromatic carbocycles. The average molecular weight is 529 g/mol. The molecule has 0 aliphatic carbocycles. The number of amides is 2. The zero-order valence-electron chi connectivity index (χ0n) is 21.0. The number of nitrogens with one attached hydrogen (secondary N) is 2. The highest BCUT2D eigenvalue weighted by molar-refractivity contribution is 6.31. The van der Waals surface area contributed by atoms with Crippen LogP contribution in [0.1, 0.15) is 44.7 Å². The molecule has 192 valence electrons. The number of aromatic nitrogens is 1. The van der Waals surface area contributed by atoms with E-state index in [1.807, 2.05) is 12.1 Å². The van der Waals surface area contributed by atoms with Crippen molar-refractivity contribution in [1.29, 1.82) is 0 Å². The summed E-state index contributed by atoms with van der Waals surface area (Å²) in [7, 11) is 1.45. The van der Waals surface area contributed by atoms with Gasteiger partial charge in [-0.1, -0.05) is 17.5 Å². The molecule has 38 heavy (non-hydrogen) atoms. The lowest BCUT2D eigenvalue weighted by molar-refractivity contribution is -0.587. The fourth-order valence-corrected chi connectivity index (χ4v) is 4.57. The lowest BCUT2D eigenvalue weighted by Gasteiger charge is -2.31. The van der Waals surface area contributed by atoms with Crippen molar-refractivity contribution in [3.8, 4) is 18.1 Å². The molecule has 0 radical (unpaired) electrons. The highest BCUT2D eigenvalue weighted by Gasteiger charge is 2.32. The van der Waals surface area contributed by atoms with Crippen LogP contribution in [-0.2, 0) is 0 Å². The Morgan fingerprint density at radius 1 is 1.03 bits per heavy atom. The van der Waals surface area contributed by atoms with Gasteiger partial charge >= 0.3 is 0 Å². The summed E-state index contributed by atoms with van der Waals surface area (Å²) >= 11 is 6.25. The number of rotatable bonds is 6. The van der Waals surface area contributed by atoms with Gasteiger partial charge in [0.25, 0.3) is 17.6 Å². The van der Waals surface area contributed by atoms with Gasteiger partial charge in [-0.05, 0) is 42.5 Å². The smallest absolute Gasteiger partial charge is 0.279 e.